The number of para-hydroxylation sites is 1. The third kappa shape index (κ3) is 6.39. The number of rotatable bonds is 9. The highest BCUT2D eigenvalue weighted by Gasteiger charge is 2.34. The predicted octanol–water partition coefficient (Wildman–Crippen LogP) is 4.83. The number of carbonyl (C=O) groups excluding carboxylic acids is 1. The summed E-state index contributed by atoms with van der Waals surface area (Å²) in [6, 6.07) is 13.6. The van der Waals surface area contributed by atoms with Crippen LogP contribution in [0.15, 0.2) is 54.6 Å². The van der Waals surface area contributed by atoms with Crippen LogP contribution in [0.1, 0.15) is 20.8 Å². The second-order valence-electron chi connectivity index (χ2n) is 6.43. The van der Waals surface area contributed by atoms with Crippen molar-refractivity contribution in [3.05, 3.63) is 64.7 Å². The van der Waals surface area contributed by atoms with E-state index in [2.05, 4.69) is 0 Å². The van der Waals surface area contributed by atoms with Gasteiger partial charge in [-0.25, -0.2) is 4.57 Å². The molecule has 0 aliphatic carbocycles. The molecule has 28 heavy (non-hydrogen) atoms. The maximum absolute atomic E-state index is 13.4. The Hall–Kier alpha value is -2.86. The van der Waals surface area contributed by atoms with E-state index < -0.39 is 24.4 Å². The molecule has 0 spiro atoms. The lowest BCUT2D eigenvalue weighted by Crippen LogP contribution is -2.23. The Morgan fingerprint density at radius 2 is 1.54 bits per heavy atom. The molecule has 150 valence electrons. The summed E-state index contributed by atoms with van der Waals surface area (Å²) >= 11 is 0. The Morgan fingerprint density at radius 3 is 2.04 bits per heavy atom. The van der Waals surface area contributed by atoms with E-state index in [0.717, 1.165) is 0 Å². The summed E-state index contributed by atoms with van der Waals surface area (Å²) in [5.41, 5.74) is -0.125. The molecule has 0 heterocycles. The van der Waals surface area contributed by atoms with E-state index in [-0.39, 0.29) is 23.7 Å². The molecule has 0 N–H and O–H groups in total. The number of nitro groups is 1. The molecule has 2 aromatic carbocycles. The molecule has 0 amide bonds. The van der Waals surface area contributed by atoms with Crippen molar-refractivity contribution in [2.75, 3.05) is 6.16 Å². The fraction of sp³-hybridized carbons (Fsp3) is 0.316. The smallest absolute Gasteiger partial charge is 0.431 e. The van der Waals surface area contributed by atoms with Crippen LogP contribution in [0.2, 0.25) is 0 Å². The molecule has 0 fully saturated rings. The Morgan fingerprint density at radius 1 is 1.00 bits per heavy atom. The van der Waals surface area contributed by atoms with Gasteiger partial charge in [0.2, 0.25) is 0 Å². The van der Waals surface area contributed by atoms with Crippen LogP contribution in [0.25, 0.3) is 0 Å². The number of ether oxygens (including phenoxy) is 1. The van der Waals surface area contributed by atoms with Gasteiger partial charge in [-0.1, -0.05) is 25.1 Å². The van der Waals surface area contributed by atoms with Gasteiger partial charge in [-0.3, -0.25) is 14.9 Å². The summed E-state index contributed by atoms with van der Waals surface area (Å²) in [4.78, 5) is 22.4. The fourth-order valence-electron chi connectivity index (χ4n) is 2.28. The molecular weight excluding hydrogens is 385 g/mol. The number of hydrogen-bond acceptors (Lipinski definition) is 7. The standard InChI is InChI=1S/C19H22NO7P/c1-14(2)25-19(21)15(3)13-28(24,26-17-7-5-4-6-8-17)27-18-11-9-16(10-12-18)20(22)23/h4-12,14-15H,13H2,1-3H3/t15-,28?/m0/s1. The number of carbonyl (C=O) groups is 1. The highest BCUT2D eigenvalue weighted by molar-refractivity contribution is 7.54. The molecule has 0 aliphatic heterocycles. The van der Waals surface area contributed by atoms with Crippen molar-refractivity contribution in [2.45, 2.75) is 26.9 Å². The number of hydrogen-bond donors (Lipinski definition) is 0. The number of non-ortho nitro benzene ring substituents is 1. The molecule has 9 heteroatoms. The molecule has 2 rings (SSSR count). The lowest BCUT2D eigenvalue weighted by molar-refractivity contribution is -0.384. The van der Waals surface area contributed by atoms with Crippen LogP contribution in [0.3, 0.4) is 0 Å². The Balaban J connectivity index is 2.23. The predicted molar refractivity (Wildman–Crippen MR) is 104 cm³/mol. The third-order valence-electron chi connectivity index (χ3n) is 3.53. The molecule has 0 saturated heterocycles. The fourth-order valence-corrected chi connectivity index (χ4v) is 4.17. The second-order valence-corrected chi connectivity index (χ2v) is 8.38. The highest BCUT2D eigenvalue weighted by atomic mass is 31.2. The molecule has 2 atom stereocenters. The first-order valence-electron chi connectivity index (χ1n) is 8.67. The quantitative estimate of drug-likeness (QED) is 0.254. The van der Waals surface area contributed by atoms with Gasteiger partial charge in [0, 0.05) is 12.1 Å². The van der Waals surface area contributed by atoms with E-state index in [0.29, 0.717) is 5.75 Å². The average molecular weight is 407 g/mol. The summed E-state index contributed by atoms with van der Waals surface area (Å²) in [7, 11) is -3.83. The van der Waals surface area contributed by atoms with Crippen LogP contribution in [0, 0.1) is 16.0 Å². The zero-order valence-electron chi connectivity index (χ0n) is 15.8. The molecule has 0 saturated carbocycles. The summed E-state index contributed by atoms with van der Waals surface area (Å²) in [5.74, 6) is -0.805. The van der Waals surface area contributed by atoms with Crippen LogP contribution in [-0.4, -0.2) is 23.2 Å². The molecule has 0 radical (unpaired) electrons. The van der Waals surface area contributed by atoms with Crippen molar-refractivity contribution in [2.24, 2.45) is 5.92 Å². The van der Waals surface area contributed by atoms with Gasteiger partial charge in [-0.05, 0) is 38.1 Å². The van der Waals surface area contributed by atoms with Crippen molar-refractivity contribution < 1.29 is 28.1 Å². The topological polar surface area (TPSA) is 105 Å². The van der Waals surface area contributed by atoms with Crippen LogP contribution in [0.4, 0.5) is 5.69 Å². The maximum Gasteiger partial charge on any atom is 0.431 e. The normalized spacial score (nSPS) is 14.0. The first-order valence-corrected chi connectivity index (χ1v) is 10.4. The summed E-state index contributed by atoms with van der Waals surface area (Å²) in [6.07, 6.45) is -0.523. The van der Waals surface area contributed by atoms with Gasteiger partial charge in [-0.2, -0.15) is 0 Å². The Labute approximate surface area is 163 Å². The molecule has 0 bridgehead atoms. The number of nitro benzene ring substituents is 1. The van der Waals surface area contributed by atoms with Gasteiger partial charge >= 0.3 is 13.6 Å². The molecule has 2 aromatic rings. The zero-order chi connectivity index (χ0) is 20.7. The van der Waals surface area contributed by atoms with E-state index in [1.807, 2.05) is 0 Å². The number of nitrogens with zero attached hydrogens (tertiary/aromatic N) is 1. The Bertz CT molecular complexity index is 852. The Kier molecular flexibility index (Phi) is 7.18. The van der Waals surface area contributed by atoms with Crippen LogP contribution >= 0.6 is 7.60 Å². The second kappa shape index (κ2) is 9.37. The molecule has 0 aliphatic rings. The number of benzene rings is 2. The van der Waals surface area contributed by atoms with Gasteiger partial charge < -0.3 is 13.8 Å². The van der Waals surface area contributed by atoms with E-state index in [9.17, 15) is 19.5 Å². The summed E-state index contributed by atoms with van der Waals surface area (Å²) in [6.45, 7) is 5.01. The van der Waals surface area contributed by atoms with Gasteiger partial charge in [0.1, 0.15) is 11.5 Å². The van der Waals surface area contributed by atoms with E-state index in [1.54, 1.807) is 51.1 Å². The van der Waals surface area contributed by atoms with Crippen molar-refractivity contribution in [1.82, 2.24) is 0 Å². The minimum atomic E-state index is -3.83. The van der Waals surface area contributed by atoms with Crippen molar-refractivity contribution in [3.63, 3.8) is 0 Å². The van der Waals surface area contributed by atoms with Crippen molar-refractivity contribution in [1.29, 1.82) is 0 Å². The minimum absolute atomic E-state index is 0.125. The lowest BCUT2D eigenvalue weighted by Gasteiger charge is -2.22. The zero-order valence-corrected chi connectivity index (χ0v) is 16.7. The summed E-state index contributed by atoms with van der Waals surface area (Å²) in [5, 5.41) is 10.8. The monoisotopic (exact) mass is 407 g/mol. The van der Waals surface area contributed by atoms with Gasteiger partial charge in [-0.15, -0.1) is 0 Å². The van der Waals surface area contributed by atoms with Gasteiger partial charge in [0.15, 0.2) is 0 Å². The van der Waals surface area contributed by atoms with E-state index in [1.165, 1.54) is 24.3 Å². The van der Waals surface area contributed by atoms with Crippen LogP contribution in [0.5, 0.6) is 11.5 Å². The largest absolute Gasteiger partial charge is 0.463 e. The molecule has 0 aromatic heterocycles. The third-order valence-corrected chi connectivity index (χ3v) is 5.50. The van der Waals surface area contributed by atoms with E-state index in [4.69, 9.17) is 13.8 Å². The van der Waals surface area contributed by atoms with Crippen molar-refractivity contribution in [3.8, 4) is 11.5 Å². The first kappa shape index (κ1) is 21.4. The lowest BCUT2D eigenvalue weighted by atomic mass is 10.2. The van der Waals surface area contributed by atoms with Crippen LogP contribution < -0.4 is 9.05 Å². The van der Waals surface area contributed by atoms with Gasteiger partial charge in [0.25, 0.3) is 5.69 Å². The SMILES string of the molecule is CC(C)OC(=O)[C@@H](C)CP(=O)(Oc1ccccc1)Oc1ccc([N+](=O)[O-])cc1. The van der Waals surface area contributed by atoms with E-state index >= 15 is 0 Å². The molecule has 8 nitrogen and oxygen atoms in total. The highest BCUT2D eigenvalue weighted by Crippen LogP contribution is 2.50. The number of esters is 1. The minimum Gasteiger partial charge on any atom is -0.463 e. The van der Waals surface area contributed by atoms with Crippen LogP contribution in [-0.2, 0) is 14.1 Å². The maximum atomic E-state index is 13.4. The van der Waals surface area contributed by atoms with Crippen molar-refractivity contribution >= 4 is 19.3 Å². The molecular formula is C19H22NO7P. The first-order chi connectivity index (χ1) is 13.2. The summed E-state index contributed by atoms with van der Waals surface area (Å²) < 4.78 is 29.7. The van der Waals surface area contributed by atoms with Gasteiger partial charge in [0.05, 0.1) is 23.1 Å². The average Bonchev–Trinajstić information content (AvgIpc) is 2.62. The molecule has 1 unspecified atom stereocenters.